The number of benzene rings is 1. The maximum absolute atomic E-state index is 5.17. The minimum atomic E-state index is 0.595. The number of nitrogens with one attached hydrogen (secondary N) is 1. The average Bonchev–Trinajstić information content (AvgIpc) is 2.48. The van der Waals surface area contributed by atoms with Crippen molar-refractivity contribution in [1.29, 1.82) is 0 Å². The molecule has 2 aromatic rings. The fourth-order valence-electron chi connectivity index (χ4n) is 1.99. The van der Waals surface area contributed by atoms with Crippen LogP contribution in [0.4, 0.5) is 5.82 Å². The van der Waals surface area contributed by atoms with Crippen molar-refractivity contribution in [2.24, 2.45) is 0 Å². The van der Waals surface area contributed by atoms with E-state index in [0.717, 1.165) is 38.5 Å². The third-order valence-corrected chi connectivity index (χ3v) is 4.12. The summed E-state index contributed by atoms with van der Waals surface area (Å²) in [6, 6.07) is 8.15. The summed E-state index contributed by atoms with van der Waals surface area (Å²) in [5, 5.41) is 3.14. The molecular formula is C15H18IN3O. The summed E-state index contributed by atoms with van der Waals surface area (Å²) in [5.41, 5.74) is 3.20. The second-order valence-corrected chi connectivity index (χ2v) is 5.47. The summed E-state index contributed by atoms with van der Waals surface area (Å²) in [5.74, 6) is 1.63. The Morgan fingerprint density at radius 1 is 1.30 bits per heavy atom. The van der Waals surface area contributed by atoms with E-state index >= 15 is 0 Å². The van der Waals surface area contributed by atoms with Crippen molar-refractivity contribution in [2.75, 3.05) is 19.5 Å². The Morgan fingerprint density at radius 2 is 2.10 bits per heavy atom. The zero-order chi connectivity index (χ0) is 14.5. The van der Waals surface area contributed by atoms with E-state index < -0.39 is 0 Å². The van der Waals surface area contributed by atoms with E-state index in [1.54, 1.807) is 7.11 Å². The number of hydrogen-bond donors (Lipinski definition) is 1. The maximum atomic E-state index is 5.17. The second-order valence-electron chi connectivity index (χ2n) is 4.39. The molecule has 0 saturated heterocycles. The molecule has 0 fully saturated rings. The molecule has 0 saturated carbocycles. The van der Waals surface area contributed by atoms with E-state index in [1.807, 2.05) is 25.2 Å². The van der Waals surface area contributed by atoms with Gasteiger partial charge in [-0.1, -0.05) is 25.1 Å². The molecule has 5 heteroatoms. The van der Waals surface area contributed by atoms with Gasteiger partial charge in [0, 0.05) is 19.7 Å². The molecule has 20 heavy (non-hydrogen) atoms. The average molecular weight is 383 g/mol. The van der Waals surface area contributed by atoms with Crippen molar-refractivity contribution in [3.63, 3.8) is 0 Å². The van der Waals surface area contributed by atoms with Gasteiger partial charge in [0.05, 0.1) is 15.9 Å². The van der Waals surface area contributed by atoms with Crippen molar-refractivity contribution in [3.05, 3.63) is 39.1 Å². The number of halogens is 1. The van der Waals surface area contributed by atoms with Crippen LogP contribution in [0, 0.1) is 3.57 Å². The van der Waals surface area contributed by atoms with E-state index in [-0.39, 0.29) is 0 Å². The molecule has 0 aliphatic rings. The van der Waals surface area contributed by atoms with Crippen molar-refractivity contribution in [2.45, 2.75) is 20.0 Å². The summed E-state index contributed by atoms with van der Waals surface area (Å²) in [4.78, 5) is 9.27. The molecule has 1 aromatic heterocycles. The van der Waals surface area contributed by atoms with Gasteiger partial charge < -0.3 is 10.1 Å². The molecule has 0 aliphatic carbocycles. The van der Waals surface area contributed by atoms with Crippen LogP contribution in [0.25, 0.3) is 11.4 Å². The molecule has 106 valence electrons. The van der Waals surface area contributed by atoms with Crippen LogP contribution in [0.2, 0.25) is 0 Å². The zero-order valence-corrected chi connectivity index (χ0v) is 14.1. The summed E-state index contributed by atoms with van der Waals surface area (Å²) in [7, 11) is 3.58. The van der Waals surface area contributed by atoms with Crippen LogP contribution in [0.15, 0.2) is 24.3 Å². The van der Waals surface area contributed by atoms with Gasteiger partial charge in [-0.25, -0.2) is 9.97 Å². The van der Waals surface area contributed by atoms with E-state index in [1.165, 1.54) is 0 Å². The van der Waals surface area contributed by atoms with Crippen LogP contribution >= 0.6 is 22.6 Å². The highest BCUT2D eigenvalue weighted by Crippen LogP contribution is 2.24. The summed E-state index contributed by atoms with van der Waals surface area (Å²) in [6.07, 6.45) is 0.889. The number of hydrogen-bond acceptors (Lipinski definition) is 4. The number of rotatable bonds is 5. The fourth-order valence-corrected chi connectivity index (χ4v) is 2.88. The molecule has 1 N–H and O–H groups in total. The normalized spacial score (nSPS) is 10.6. The van der Waals surface area contributed by atoms with Gasteiger partial charge in [-0.3, -0.25) is 0 Å². The molecular weight excluding hydrogens is 365 g/mol. The van der Waals surface area contributed by atoms with Crippen molar-refractivity contribution >= 4 is 28.4 Å². The van der Waals surface area contributed by atoms with Gasteiger partial charge in [0.15, 0.2) is 5.82 Å². The molecule has 1 heterocycles. The van der Waals surface area contributed by atoms with E-state index in [0.29, 0.717) is 6.61 Å². The number of aryl methyl sites for hydroxylation is 1. The number of aromatic nitrogens is 2. The van der Waals surface area contributed by atoms with Crippen LogP contribution in [0.5, 0.6) is 0 Å². The molecule has 1 aromatic carbocycles. The lowest BCUT2D eigenvalue weighted by Gasteiger charge is -2.11. The Bertz CT molecular complexity index is 576. The quantitative estimate of drug-likeness (QED) is 0.803. The first kappa shape index (κ1) is 15.2. The van der Waals surface area contributed by atoms with Crippen LogP contribution in [-0.2, 0) is 17.8 Å². The number of methoxy groups -OCH3 is 1. The predicted octanol–water partition coefficient (Wildman–Crippen LogP) is 3.50. The minimum absolute atomic E-state index is 0.595. The van der Waals surface area contributed by atoms with Crippen molar-refractivity contribution < 1.29 is 4.74 Å². The standard InChI is InChI=1S/C15H18IN3O/c1-4-12-13(16)15(17-2)19-14(18-12)11-7-5-6-10(8-11)9-20-3/h5-8H,4,9H2,1-3H3,(H,17,18,19). The van der Waals surface area contributed by atoms with Gasteiger partial charge in [-0.2, -0.15) is 0 Å². The SMILES string of the molecule is CCc1nc(-c2cccc(COC)c2)nc(NC)c1I. The van der Waals surface area contributed by atoms with Crippen LogP contribution < -0.4 is 5.32 Å². The highest BCUT2D eigenvalue weighted by Gasteiger charge is 2.11. The third-order valence-electron chi connectivity index (χ3n) is 2.99. The van der Waals surface area contributed by atoms with Gasteiger partial charge in [0.2, 0.25) is 0 Å². The Labute approximate surface area is 133 Å². The smallest absolute Gasteiger partial charge is 0.161 e. The summed E-state index contributed by atoms with van der Waals surface area (Å²) in [6.45, 7) is 2.70. The molecule has 2 rings (SSSR count). The lowest BCUT2D eigenvalue weighted by atomic mass is 10.1. The Morgan fingerprint density at radius 3 is 2.75 bits per heavy atom. The van der Waals surface area contributed by atoms with Gasteiger partial charge >= 0.3 is 0 Å². The molecule has 0 radical (unpaired) electrons. The fraction of sp³-hybridized carbons (Fsp3) is 0.333. The van der Waals surface area contributed by atoms with Crippen LogP contribution in [0.3, 0.4) is 0 Å². The monoisotopic (exact) mass is 383 g/mol. The van der Waals surface area contributed by atoms with Gasteiger partial charge in [0.25, 0.3) is 0 Å². The predicted molar refractivity (Wildman–Crippen MR) is 89.8 cm³/mol. The molecule has 0 bridgehead atoms. The molecule has 0 unspecified atom stereocenters. The lowest BCUT2D eigenvalue weighted by molar-refractivity contribution is 0.185. The van der Waals surface area contributed by atoms with Gasteiger partial charge in [0.1, 0.15) is 5.82 Å². The third kappa shape index (κ3) is 3.27. The second kappa shape index (κ2) is 6.99. The molecule has 0 spiro atoms. The zero-order valence-electron chi connectivity index (χ0n) is 11.9. The van der Waals surface area contributed by atoms with E-state index in [2.05, 4.69) is 50.9 Å². The van der Waals surface area contributed by atoms with E-state index in [4.69, 9.17) is 4.74 Å². The van der Waals surface area contributed by atoms with Crippen molar-refractivity contribution in [1.82, 2.24) is 9.97 Å². The van der Waals surface area contributed by atoms with Crippen LogP contribution in [-0.4, -0.2) is 24.1 Å². The first-order valence-electron chi connectivity index (χ1n) is 6.52. The maximum Gasteiger partial charge on any atom is 0.161 e. The Kier molecular flexibility index (Phi) is 5.31. The van der Waals surface area contributed by atoms with Gasteiger partial charge in [-0.15, -0.1) is 0 Å². The molecule has 0 aliphatic heterocycles. The lowest BCUT2D eigenvalue weighted by Crippen LogP contribution is -2.05. The van der Waals surface area contributed by atoms with Crippen molar-refractivity contribution in [3.8, 4) is 11.4 Å². The van der Waals surface area contributed by atoms with E-state index in [9.17, 15) is 0 Å². The highest BCUT2D eigenvalue weighted by atomic mass is 127. The number of ether oxygens (including phenoxy) is 1. The minimum Gasteiger partial charge on any atom is -0.380 e. The highest BCUT2D eigenvalue weighted by molar-refractivity contribution is 14.1. The molecule has 4 nitrogen and oxygen atoms in total. The Balaban J connectivity index is 2.49. The molecule has 0 amide bonds. The first-order valence-corrected chi connectivity index (χ1v) is 7.59. The van der Waals surface area contributed by atoms with Crippen LogP contribution in [0.1, 0.15) is 18.2 Å². The largest absolute Gasteiger partial charge is 0.380 e. The first-order chi connectivity index (χ1) is 9.69. The molecule has 0 atom stereocenters. The topological polar surface area (TPSA) is 47.0 Å². The van der Waals surface area contributed by atoms with Gasteiger partial charge in [-0.05, 0) is 40.6 Å². The Hall–Kier alpha value is -1.21. The number of nitrogens with zero attached hydrogens (tertiary/aromatic N) is 2. The number of anilines is 1. The summed E-state index contributed by atoms with van der Waals surface area (Å²) < 4.78 is 6.26. The summed E-state index contributed by atoms with van der Waals surface area (Å²) >= 11 is 2.29.